The number of hydrogen-bond donors (Lipinski definition) is 2. The molecule has 0 fully saturated rings. The van der Waals surface area contributed by atoms with Crippen LogP contribution in [0.4, 0.5) is 0 Å². The summed E-state index contributed by atoms with van der Waals surface area (Å²) in [6.45, 7) is 5.83. The van der Waals surface area contributed by atoms with Crippen molar-refractivity contribution >= 4 is 29.5 Å². The van der Waals surface area contributed by atoms with Crippen LogP contribution in [0.15, 0.2) is 29.2 Å². The number of aryl methyl sites for hydroxylation is 1. The number of hydrogen-bond acceptors (Lipinski definition) is 4. The van der Waals surface area contributed by atoms with Crippen LogP contribution in [0, 0.1) is 6.92 Å². The standard InChI is InChI=1S/C14H21NO2S2/c1-10-4-6-11(7-5-10)18-8-9-19-14(2,3)12(15)13(16)17/h4-7,12H,8-9,15H2,1-3H3,(H,16,17)/t12-/m1/s1. The maximum Gasteiger partial charge on any atom is 0.321 e. The molecule has 0 unspecified atom stereocenters. The van der Waals surface area contributed by atoms with E-state index in [9.17, 15) is 4.79 Å². The molecule has 1 rings (SSSR count). The normalized spacial score (nSPS) is 13.3. The van der Waals surface area contributed by atoms with Crippen LogP contribution in [-0.4, -0.2) is 33.4 Å². The number of carboxylic acid groups (broad SMARTS) is 1. The summed E-state index contributed by atoms with van der Waals surface area (Å²) in [5.74, 6) is 0.888. The zero-order valence-corrected chi connectivity index (χ0v) is 13.2. The van der Waals surface area contributed by atoms with Gasteiger partial charge in [0, 0.05) is 21.1 Å². The minimum atomic E-state index is -0.941. The van der Waals surface area contributed by atoms with Crippen molar-refractivity contribution in [3.63, 3.8) is 0 Å². The molecule has 5 heteroatoms. The predicted molar refractivity (Wildman–Crippen MR) is 84.1 cm³/mol. The van der Waals surface area contributed by atoms with Gasteiger partial charge in [0.15, 0.2) is 0 Å². The van der Waals surface area contributed by atoms with E-state index in [1.54, 1.807) is 23.5 Å². The minimum Gasteiger partial charge on any atom is -0.480 e. The van der Waals surface area contributed by atoms with E-state index in [4.69, 9.17) is 10.8 Å². The van der Waals surface area contributed by atoms with E-state index in [0.717, 1.165) is 11.5 Å². The average Bonchev–Trinajstić information content (AvgIpc) is 2.35. The van der Waals surface area contributed by atoms with Crippen LogP contribution in [0.3, 0.4) is 0 Å². The largest absolute Gasteiger partial charge is 0.480 e. The Balaban J connectivity index is 2.34. The maximum absolute atomic E-state index is 10.9. The fourth-order valence-corrected chi connectivity index (χ4v) is 3.52. The van der Waals surface area contributed by atoms with Crippen LogP contribution >= 0.6 is 23.5 Å². The van der Waals surface area contributed by atoms with Crippen molar-refractivity contribution in [1.29, 1.82) is 0 Å². The van der Waals surface area contributed by atoms with Crippen molar-refractivity contribution in [2.45, 2.75) is 36.5 Å². The fourth-order valence-electron chi connectivity index (χ4n) is 1.49. The molecule has 0 aliphatic heterocycles. The number of benzene rings is 1. The second-order valence-electron chi connectivity index (χ2n) is 4.93. The Hall–Kier alpha value is -0.650. The third kappa shape index (κ3) is 5.47. The predicted octanol–water partition coefficient (Wildman–Crippen LogP) is 3.01. The van der Waals surface area contributed by atoms with Crippen LogP contribution in [-0.2, 0) is 4.79 Å². The zero-order valence-electron chi connectivity index (χ0n) is 11.6. The SMILES string of the molecule is Cc1ccc(SCCSC(C)(C)[C@H](N)C(=O)O)cc1. The third-order valence-electron chi connectivity index (χ3n) is 2.86. The molecule has 1 aromatic carbocycles. The summed E-state index contributed by atoms with van der Waals surface area (Å²) < 4.78 is -0.445. The quantitative estimate of drug-likeness (QED) is 0.598. The maximum atomic E-state index is 10.9. The van der Waals surface area contributed by atoms with Gasteiger partial charge in [0.1, 0.15) is 6.04 Å². The molecule has 1 aromatic rings. The van der Waals surface area contributed by atoms with Gasteiger partial charge in [0.05, 0.1) is 0 Å². The molecule has 1 atom stereocenters. The van der Waals surface area contributed by atoms with Gasteiger partial charge < -0.3 is 10.8 Å². The highest BCUT2D eigenvalue weighted by Gasteiger charge is 2.32. The van der Waals surface area contributed by atoms with Crippen molar-refractivity contribution < 1.29 is 9.90 Å². The molecule has 0 spiro atoms. The number of thioether (sulfide) groups is 2. The average molecular weight is 299 g/mol. The molecular formula is C14H21NO2S2. The topological polar surface area (TPSA) is 63.3 Å². The van der Waals surface area contributed by atoms with Crippen LogP contribution in [0.25, 0.3) is 0 Å². The summed E-state index contributed by atoms with van der Waals surface area (Å²) in [6, 6.07) is 7.58. The zero-order chi connectivity index (χ0) is 14.5. The monoisotopic (exact) mass is 299 g/mol. The van der Waals surface area contributed by atoms with E-state index in [-0.39, 0.29) is 0 Å². The highest BCUT2D eigenvalue weighted by Crippen LogP contribution is 2.29. The Bertz CT molecular complexity index is 418. The molecule has 0 bridgehead atoms. The van der Waals surface area contributed by atoms with E-state index in [1.165, 1.54) is 10.5 Å². The molecular weight excluding hydrogens is 278 g/mol. The number of aliphatic carboxylic acids is 1. The summed E-state index contributed by atoms with van der Waals surface area (Å²) in [5.41, 5.74) is 6.93. The lowest BCUT2D eigenvalue weighted by Crippen LogP contribution is -2.46. The molecule has 3 N–H and O–H groups in total. The lowest BCUT2D eigenvalue weighted by Gasteiger charge is -2.27. The van der Waals surface area contributed by atoms with E-state index in [0.29, 0.717) is 0 Å². The van der Waals surface area contributed by atoms with Crippen molar-refractivity contribution in [2.75, 3.05) is 11.5 Å². The second kappa shape index (κ2) is 7.22. The molecule has 3 nitrogen and oxygen atoms in total. The molecule has 0 saturated heterocycles. The number of carbonyl (C=O) groups is 1. The Morgan fingerprint density at radius 1 is 1.32 bits per heavy atom. The van der Waals surface area contributed by atoms with Crippen LogP contribution in [0.5, 0.6) is 0 Å². The van der Waals surface area contributed by atoms with Gasteiger partial charge in [0.2, 0.25) is 0 Å². The Morgan fingerprint density at radius 3 is 2.42 bits per heavy atom. The van der Waals surface area contributed by atoms with E-state index >= 15 is 0 Å². The van der Waals surface area contributed by atoms with Crippen LogP contribution in [0.2, 0.25) is 0 Å². The molecule has 106 valence electrons. The summed E-state index contributed by atoms with van der Waals surface area (Å²) in [4.78, 5) is 12.1. The summed E-state index contributed by atoms with van der Waals surface area (Å²) in [6.07, 6.45) is 0. The highest BCUT2D eigenvalue weighted by molar-refractivity contribution is 8.03. The van der Waals surface area contributed by atoms with Gasteiger partial charge in [-0.15, -0.1) is 11.8 Å². The number of rotatable bonds is 7. The Morgan fingerprint density at radius 2 is 1.89 bits per heavy atom. The first-order valence-corrected chi connectivity index (χ1v) is 8.12. The summed E-state index contributed by atoms with van der Waals surface area (Å²) >= 11 is 3.39. The van der Waals surface area contributed by atoms with Gasteiger partial charge in [-0.05, 0) is 32.9 Å². The highest BCUT2D eigenvalue weighted by atomic mass is 32.2. The fraction of sp³-hybridized carbons (Fsp3) is 0.500. The molecule has 0 aliphatic carbocycles. The lowest BCUT2D eigenvalue weighted by molar-refractivity contribution is -0.139. The van der Waals surface area contributed by atoms with Crippen molar-refractivity contribution in [1.82, 2.24) is 0 Å². The van der Waals surface area contributed by atoms with E-state index in [2.05, 4.69) is 31.2 Å². The first kappa shape index (κ1) is 16.4. The first-order chi connectivity index (χ1) is 8.83. The second-order valence-corrected chi connectivity index (χ2v) is 7.85. The van der Waals surface area contributed by atoms with Gasteiger partial charge in [-0.3, -0.25) is 4.79 Å². The first-order valence-electron chi connectivity index (χ1n) is 6.15. The lowest BCUT2D eigenvalue weighted by atomic mass is 10.1. The molecule has 0 aliphatic rings. The molecule has 0 saturated carbocycles. The Labute approximate surface area is 123 Å². The van der Waals surface area contributed by atoms with Gasteiger partial charge in [-0.2, -0.15) is 11.8 Å². The van der Waals surface area contributed by atoms with Crippen LogP contribution in [0.1, 0.15) is 19.4 Å². The van der Waals surface area contributed by atoms with Crippen molar-refractivity contribution in [3.8, 4) is 0 Å². The van der Waals surface area contributed by atoms with Gasteiger partial charge >= 0.3 is 5.97 Å². The molecule has 0 amide bonds. The molecule has 0 heterocycles. The van der Waals surface area contributed by atoms with Gasteiger partial charge in [0.25, 0.3) is 0 Å². The van der Waals surface area contributed by atoms with Gasteiger partial charge in [-0.25, -0.2) is 0 Å². The van der Waals surface area contributed by atoms with Crippen molar-refractivity contribution in [2.24, 2.45) is 5.73 Å². The smallest absolute Gasteiger partial charge is 0.321 e. The number of nitrogens with two attached hydrogens (primary N) is 1. The molecule has 0 aromatic heterocycles. The van der Waals surface area contributed by atoms with Crippen molar-refractivity contribution in [3.05, 3.63) is 29.8 Å². The minimum absolute atomic E-state index is 0.445. The Kier molecular flexibility index (Phi) is 6.23. The van der Waals surface area contributed by atoms with E-state index in [1.807, 2.05) is 13.8 Å². The third-order valence-corrected chi connectivity index (χ3v) is 5.54. The molecule has 19 heavy (non-hydrogen) atoms. The number of carboxylic acids is 1. The van der Waals surface area contributed by atoms with Crippen LogP contribution < -0.4 is 5.73 Å². The van der Waals surface area contributed by atoms with E-state index < -0.39 is 16.8 Å². The summed E-state index contributed by atoms with van der Waals surface area (Å²) in [5, 5.41) is 8.93. The summed E-state index contributed by atoms with van der Waals surface area (Å²) in [7, 11) is 0. The van der Waals surface area contributed by atoms with Gasteiger partial charge in [-0.1, -0.05) is 17.7 Å². The molecule has 0 radical (unpaired) electrons.